The highest BCUT2D eigenvalue weighted by Crippen LogP contribution is 2.32. The van der Waals surface area contributed by atoms with E-state index in [0.717, 1.165) is 23.2 Å². The molecular formula is C19H22N2O4S. The lowest BCUT2D eigenvalue weighted by Gasteiger charge is -2.16. The van der Waals surface area contributed by atoms with Gasteiger partial charge in [-0.25, -0.2) is 8.42 Å². The molecule has 26 heavy (non-hydrogen) atoms. The van der Waals surface area contributed by atoms with Gasteiger partial charge in [0.1, 0.15) is 5.75 Å². The number of sulfonamides is 1. The number of fused-ring (bicyclic) bond motifs is 1. The van der Waals surface area contributed by atoms with Crippen molar-refractivity contribution in [1.82, 2.24) is 0 Å². The molecule has 3 rings (SSSR count). The molecule has 7 heteroatoms. The number of carbonyl (C=O) groups is 1. The molecule has 0 spiro atoms. The minimum absolute atomic E-state index is 0.0501. The van der Waals surface area contributed by atoms with Crippen molar-refractivity contribution < 1.29 is 17.9 Å². The van der Waals surface area contributed by atoms with Crippen LogP contribution in [0.5, 0.6) is 5.75 Å². The lowest BCUT2D eigenvalue weighted by Crippen LogP contribution is -2.25. The van der Waals surface area contributed by atoms with Crippen LogP contribution in [-0.2, 0) is 21.2 Å². The molecule has 0 saturated carbocycles. The van der Waals surface area contributed by atoms with Crippen molar-refractivity contribution in [2.24, 2.45) is 0 Å². The monoisotopic (exact) mass is 374 g/mol. The van der Waals surface area contributed by atoms with Gasteiger partial charge >= 0.3 is 0 Å². The van der Waals surface area contributed by atoms with E-state index in [9.17, 15) is 13.2 Å². The molecule has 6 nitrogen and oxygen atoms in total. The molecule has 0 saturated heterocycles. The van der Waals surface area contributed by atoms with Crippen LogP contribution in [-0.4, -0.2) is 27.5 Å². The van der Waals surface area contributed by atoms with E-state index in [1.165, 1.54) is 13.0 Å². The summed E-state index contributed by atoms with van der Waals surface area (Å²) in [6.07, 6.45) is 0.778. The first-order chi connectivity index (χ1) is 12.3. The molecule has 1 aliphatic rings. The van der Waals surface area contributed by atoms with Crippen LogP contribution < -0.4 is 14.4 Å². The lowest BCUT2D eigenvalue weighted by molar-refractivity contribution is -0.116. The zero-order valence-corrected chi connectivity index (χ0v) is 15.9. The summed E-state index contributed by atoms with van der Waals surface area (Å²) >= 11 is 0. The maximum Gasteiger partial charge on any atom is 0.261 e. The summed E-state index contributed by atoms with van der Waals surface area (Å²) in [5.74, 6) is 0.618. The SMILES string of the molecule is CCOc1ccc(S(=O)(=O)Nc2ccc3c(c2)N(C(C)=O)CC3)cc1C. The fraction of sp³-hybridized carbons (Fsp3) is 0.316. The van der Waals surface area contributed by atoms with Gasteiger partial charge in [0.2, 0.25) is 5.91 Å². The topological polar surface area (TPSA) is 75.7 Å². The summed E-state index contributed by atoms with van der Waals surface area (Å²) < 4.78 is 33.5. The summed E-state index contributed by atoms with van der Waals surface area (Å²) in [5, 5.41) is 0. The van der Waals surface area contributed by atoms with Gasteiger partial charge in [-0.05, 0) is 61.7 Å². The molecule has 2 aromatic rings. The van der Waals surface area contributed by atoms with Crippen molar-refractivity contribution in [2.75, 3.05) is 22.8 Å². The van der Waals surface area contributed by atoms with Crippen LogP contribution in [0.3, 0.4) is 0 Å². The van der Waals surface area contributed by atoms with Gasteiger partial charge in [0.05, 0.1) is 17.2 Å². The number of hydrogen-bond acceptors (Lipinski definition) is 4. The Morgan fingerprint density at radius 1 is 1.23 bits per heavy atom. The number of rotatable bonds is 5. The van der Waals surface area contributed by atoms with Crippen LogP contribution in [0.4, 0.5) is 11.4 Å². The van der Waals surface area contributed by atoms with Gasteiger partial charge in [-0.15, -0.1) is 0 Å². The number of ether oxygens (including phenoxy) is 1. The molecule has 0 radical (unpaired) electrons. The molecule has 0 fully saturated rings. The van der Waals surface area contributed by atoms with Gasteiger partial charge in [0.15, 0.2) is 0 Å². The smallest absolute Gasteiger partial charge is 0.261 e. The van der Waals surface area contributed by atoms with Gasteiger partial charge in [0.25, 0.3) is 10.0 Å². The normalized spacial score (nSPS) is 13.4. The highest BCUT2D eigenvalue weighted by atomic mass is 32.2. The zero-order valence-electron chi connectivity index (χ0n) is 15.1. The standard InChI is InChI=1S/C19H22N2O4S/c1-4-25-19-8-7-17(11-13(19)2)26(23,24)20-16-6-5-15-9-10-21(14(3)22)18(15)12-16/h5-8,11-12,20H,4,9-10H2,1-3H3. The predicted octanol–water partition coefficient (Wildman–Crippen LogP) is 3.10. The number of nitrogens with one attached hydrogen (secondary N) is 1. The molecule has 0 aromatic heterocycles. The highest BCUT2D eigenvalue weighted by molar-refractivity contribution is 7.92. The maximum atomic E-state index is 12.7. The van der Waals surface area contributed by atoms with E-state index in [2.05, 4.69) is 4.72 Å². The van der Waals surface area contributed by atoms with Crippen molar-refractivity contribution >= 4 is 27.3 Å². The van der Waals surface area contributed by atoms with E-state index in [4.69, 9.17) is 4.74 Å². The molecule has 1 aliphatic heterocycles. The predicted molar refractivity (Wildman–Crippen MR) is 101 cm³/mol. The van der Waals surface area contributed by atoms with Crippen molar-refractivity contribution in [3.05, 3.63) is 47.5 Å². The Labute approximate surface area is 153 Å². The van der Waals surface area contributed by atoms with E-state index < -0.39 is 10.0 Å². The summed E-state index contributed by atoms with van der Waals surface area (Å²) in [6.45, 7) is 6.34. The van der Waals surface area contributed by atoms with Crippen molar-refractivity contribution in [1.29, 1.82) is 0 Å². The van der Waals surface area contributed by atoms with Gasteiger partial charge in [-0.2, -0.15) is 0 Å². The summed E-state index contributed by atoms with van der Waals surface area (Å²) in [5.41, 5.74) is 3.00. The fourth-order valence-electron chi connectivity index (χ4n) is 3.09. The zero-order chi connectivity index (χ0) is 18.9. The Morgan fingerprint density at radius 3 is 2.65 bits per heavy atom. The molecule has 138 valence electrons. The van der Waals surface area contributed by atoms with Crippen LogP contribution in [0.1, 0.15) is 25.0 Å². The number of benzene rings is 2. The van der Waals surface area contributed by atoms with E-state index in [0.29, 0.717) is 24.6 Å². The number of carbonyl (C=O) groups excluding carboxylic acids is 1. The average Bonchev–Trinajstić information content (AvgIpc) is 3.00. The van der Waals surface area contributed by atoms with Gasteiger partial charge in [0, 0.05) is 19.2 Å². The van der Waals surface area contributed by atoms with Crippen LogP contribution in [0.25, 0.3) is 0 Å². The van der Waals surface area contributed by atoms with E-state index in [-0.39, 0.29) is 10.8 Å². The van der Waals surface area contributed by atoms with Gasteiger partial charge in [-0.3, -0.25) is 9.52 Å². The molecule has 0 unspecified atom stereocenters. The third-order valence-corrected chi connectivity index (χ3v) is 5.75. The van der Waals surface area contributed by atoms with Crippen molar-refractivity contribution in [3.8, 4) is 5.75 Å². The number of nitrogens with zero attached hydrogens (tertiary/aromatic N) is 1. The molecule has 0 aliphatic carbocycles. The second kappa shape index (κ2) is 6.99. The van der Waals surface area contributed by atoms with Crippen LogP contribution in [0.2, 0.25) is 0 Å². The quantitative estimate of drug-likeness (QED) is 0.873. The lowest BCUT2D eigenvalue weighted by atomic mass is 10.1. The van der Waals surface area contributed by atoms with Gasteiger partial charge in [-0.1, -0.05) is 6.07 Å². The minimum atomic E-state index is -3.73. The van der Waals surface area contributed by atoms with E-state index in [1.807, 2.05) is 19.9 Å². The van der Waals surface area contributed by atoms with Crippen LogP contribution in [0.15, 0.2) is 41.3 Å². The van der Waals surface area contributed by atoms with Crippen molar-refractivity contribution in [3.63, 3.8) is 0 Å². The first-order valence-electron chi connectivity index (χ1n) is 8.49. The molecule has 1 heterocycles. The second-order valence-corrected chi connectivity index (χ2v) is 7.91. The Hall–Kier alpha value is -2.54. The molecule has 1 N–H and O–H groups in total. The molecule has 2 aromatic carbocycles. The van der Waals surface area contributed by atoms with Crippen LogP contribution in [0, 0.1) is 6.92 Å². The number of hydrogen-bond donors (Lipinski definition) is 1. The highest BCUT2D eigenvalue weighted by Gasteiger charge is 2.23. The van der Waals surface area contributed by atoms with E-state index >= 15 is 0 Å². The summed E-state index contributed by atoms with van der Waals surface area (Å²) in [6, 6.07) is 10.1. The molecule has 0 bridgehead atoms. The Bertz CT molecular complexity index is 954. The first-order valence-corrected chi connectivity index (χ1v) is 9.97. The largest absolute Gasteiger partial charge is 0.494 e. The Kier molecular flexibility index (Phi) is 4.91. The number of anilines is 2. The fourth-order valence-corrected chi connectivity index (χ4v) is 4.22. The Balaban J connectivity index is 1.88. The molecular weight excluding hydrogens is 352 g/mol. The van der Waals surface area contributed by atoms with Gasteiger partial charge < -0.3 is 9.64 Å². The average molecular weight is 374 g/mol. The summed E-state index contributed by atoms with van der Waals surface area (Å²) in [4.78, 5) is 13.6. The first kappa shape index (κ1) is 18.3. The maximum absolute atomic E-state index is 12.7. The van der Waals surface area contributed by atoms with Crippen molar-refractivity contribution in [2.45, 2.75) is 32.1 Å². The minimum Gasteiger partial charge on any atom is -0.494 e. The number of amides is 1. The summed E-state index contributed by atoms with van der Waals surface area (Å²) in [7, 11) is -3.73. The molecule has 1 amide bonds. The van der Waals surface area contributed by atoms with Crippen LogP contribution >= 0.6 is 0 Å². The Morgan fingerprint density at radius 2 is 2.00 bits per heavy atom. The van der Waals surface area contributed by atoms with E-state index in [1.54, 1.807) is 29.2 Å². The third kappa shape index (κ3) is 3.53. The third-order valence-electron chi connectivity index (χ3n) is 4.37. The number of aryl methyl sites for hydroxylation is 1. The second-order valence-electron chi connectivity index (χ2n) is 6.23. The molecule has 0 atom stereocenters.